The predicted octanol–water partition coefficient (Wildman–Crippen LogP) is 2.36. The second-order valence-corrected chi connectivity index (χ2v) is 7.08. The van der Waals surface area contributed by atoms with E-state index >= 15 is 0 Å². The van der Waals surface area contributed by atoms with Crippen LogP contribution in [0.4, 0.5) is 0 Å². The number of ether oxygens (including phenoxy) is 1. The van der Waals surface area contributed by atoms with E-state index in [2.05, 4.69) is 0 Å². The standard InChI is InChI=1S/C13H19NO4Si/c1-15-19(16-2,17-3)9-5-7-12-6-4-8-13(10-12)18-11-14/h4,6,8,10H,5,7,9H2,1-3H3. The maximum atomic E-state index is 8.47. The number of rotatable bonds is 8. The Labute approximate surface area is 115 Å². The van der Waals surface area contributed by atoms with Crippen molar-refractivity contribution in [3.8, 4) is 12.0 Å². The lowest BCUT2D eigenvalue weighted by atomic mass is 10.1. The Morgan fingerprint density at radius 3 is 2.42 bits per heavy atom. The normalized spacial score (nSPS) is 11.1. The van der Waals surface area contributed by atoms with Crippen LogP contribution < -0.4 is 4.74 Å². The van der Waals surface area contributed by atoms with E-state index in [-0.39, 0.29) is 0 Å². The van der Waals surface area contributed by atoms with Gasteiger partial charge in [-0.05, 0) is 30.5 Å². The van der Waals surface area contributed by atoms with Crippen LogP contribution in [0.1, 0.15) is 12.0 Å². The van der Waals surface area contributed by atoms with Crippen molar-refractivity contribution in [1.82, 2.24) is 0 Å². The molecule has 0 saturated heterocycles. The molecule has 5 nitrogen and oxygen atoms in total. The molecule has 0 atom stereocenters. The number of hydrogen-bond acceptors (Lipinski definition) is 5. The molecule has 104 valence electrons. The molecule has 0 aliphatic carbocycles. The lowest BCUT2D eigenvalue weighted by molar-refractivity contribution is 0.123. The molecule has 0 spiro atoms. The van der Waals surface area contributed by atoms with E-state index in [1.807, 2.05) is 18.2 Å². The van der Waals surface area contributed by atoms with Crippen LogP contribution in [0, 0.1) is 11.5 Å². The summed E-state index contributed by atoms with van der Waals surface area (Å²) in [4.78, 5) is 0. The Kier molecular flexibility index (Phi) is 6.52. The monoisotopic (exact) mass is 281 g/mol. The summed E-state index contributed by atoms with van der Waals surface area (Å²) in [5.74, 6) is 0.564. The quantitative estimate of drug-likeness (QED) is 0.541. The number of aryl methyl sites for hydroxylation is 1. The Bertz CT molecular complexity index is 421. The molecule has 0 bridgehead atoms. The molecule has 0 unspecified atom stereocenters. The second kappa shape index (κ2) is 7.91. The number of nitriles is 1. The van der Waals surface area contributed by atoms with Gasteiger partial charge in [-0.1, -0.05) is 12.1 Å². The summed E-state index contributed by atoms with van der Waals surface area (Å²) >= 11 is 0. The third kappa shape index (κ3) is 4.65. The van der Waals surface area contributed by atoms with E-state index in [1.54, 1.807) is 33.7 Å². The van der Waals surface area contributed by atoms with Gasteiger partial charge in [0.2, 0.25) is 0 Å². The molecule has 0 aliphatic heterocycles. The summed E-state index contributed by atoms with van der Waals surface area (Å²) < 4.78 is 20.9. The predicted molar refractivity (Wildman–Crippen MR) is 72.6 cm³/mol. The third-order valence-electron chi connectivity index (χ3n) is 2.94. The van der Waals surface area contributed by atoms with Crippen LogP contribution in [0.25, 0.3) is 0 Å². The fraction of sp³-hybridized carbons (Fsp3) is 0.462. The van der Waals surface area contributed by atoms with Crippen molar-refractivity contribution >= 4 is 8.80 Å². The van der Waals surface area contributed by atoms with E-state index < -0.39 is 8.80 Å². The third-order valence-corrected chi connectivity index (χ3v) is 5.78. The molecule has 0 aliphatic rings. The minimum absolute atomic E-state index is 0.564. The molecule has 6 heteroatoms. The minimum Gasteiger partial charge on any atom is -0.388 e. The Balaban J connectivity index is 2.53. The lowest BCUT2D eigenvalue weighted by Crippen LogP contribution is -2.42. The molecule has 1 aromatic carbocycles. The van der Waals surface area contributed by atoms with Gasteiger partial charge in [-0.15, -0.1) is 5.26 Å². The molecule has 0 fully saturated rings. The Morgan fingerprint density at radius 2 is 1.84 bits per heavy atom. The van der Waals surface area contributed by atoms with Crippen LogP contribution in [0.3, 0.4) is 0 Å². The fourth-order valence-electron chi connectivity index (χ4n) is 1.88. The van der Waals surface area contributed by atoms with E-state index in [0.717, 1.165) is 24.4 Å². The van der Waals surface area contributed by atoms with Crippen LogP contribution in [0.2, 0.25) is 6.04 Å². The van der Waals surface area contributed by atoms with Crippen LogP contribution in [-0.2, 0) is 19.7 Å². The largest absolute Gasteiger partial charge is 0.500 e. The molecular formula is C13H19NO4Si. The molecule has 0 heterocycles. The van der Waals surface area contributed by atoms with Gasteiger partial charge in [-0.25, -0.2) is 0 Å². The summed E-state index contributed by atoms with van der Waals surface area (Å²) in [7, 11) is 2.35. The molecule has 0 aromatic heterocycles. The van der Waals surface area contributed by atoms with Crippen molar-refractivity contribution in [2.75, 3.05) is 21.3 Å². The van der Waals surface area contributed by atoms with Gasteiger partial charge < -0.3 is 18.0 Å². The zero-order valence-corrected chi connectivity index (χ0v) is 12.5. The van der Waals surface area contributed by atoms with Gasteiger partial charge in [0.25, 0.3) is 6.26 Å². The van der Waals surface area contributed by atoms with Crippen LogP contribution in [-0.4, -0.2) is 30.1 Å². The highest BCUT2D eigenvalue weighted by molar-refractivity contribution is 6.60. The van der Waals surface area contributed by atoms with Gasteiger partial charge in [-0.2, -0.15) is 0 Å². The first kappa shape index (κ1) is 15.7. The van der Waals surface area contributed by atoms with Gasteiger partial charge in [0.05, 0.1) is 0 Å². The average Bonchev–Trinajstić information content (AvgIpc) is 2.45. The summed E-state index contributed by atoms with van der Waals surface area (Å²) in [6.07, 6.45) is 3.41. The maximum absolute atomic E-state index is 8.47. The van der Waals surface area contributed by atoms with Crippen LogP contribution >= 0.6 is 0 Å². The van der Waals surface area contributed by atoms with Crippen molar-refractivity contribution in [1.29, 1.82) is 5.26 Å². The summed E-state index contributed by atoms with van der Waals surface area (Å²) in [5, 5.41) is 8.47. The number of hydrogen-bond donors (Lipinski definition) is 0. The first-order chi connectivity index (χ1) is 9.19. The van der Waals surface area contributed by atoms with Gasteiger partial charge in [0.1, 0.15) is 5.75 Å². The highest BCUT2D eigenvalue weighted by Gasteiger charge is 2.36. The molecular weight excluding hydrogens is 262 g/mol. The van der Waals surface area contributed by atoms with Crippen molar-refractivity contribution in [3.05, 3.63) is 29.8 Å². The average molecular weight is 281 g/mol. The SMILES string of the molecule is CO[Si](CCCc1cccc(OC#N)c1)(OC)OC. The first-order valence-electron chi connectivity index (χ1n) is 6.00. The van der Waals surface area contributed by atoms with Gasteiger partial charge in [-0.3, -0.25) is 0 Å². The number of benzene rings is 1. The zero-order chi connectivity index (χ0) is 14.1. The molecule has 0 N–H and O–H groups in total. The number of nitrogens with zero attached hydrogens (tertiary/aromatic N) is 1. The maximum Gasteiger partial charge on any atom is 0.500 e. The topological polar surface area (TPSA) is 60.7 Å². The van der Waals surface area contributed by atoms with E-state index in [9.17, 15) is 0 Å². The highest BCUT2D eigenvalue weighted by atomic mass is 28.4. The molecule has 0 saturated carbocycles. The summed E-state index contributed by atoms with van der Waals surface area (Å²) in [5.41, 5.74) is 1.11. The summed E-state index contributed by atoms with van der Waals surface area (Å²) in [6.45, 7) is 0. The van der Waals surface area contributed by atoms with E-state index in [0.29, 0.717) is 5.75 Å². The molecule has 0 radical (unpaired) electrons. The lowest BCUT2D eigenvalue weighted by Gasteiger charge is -2.24. The van der Waals surface area contributed by atoms with Crippen molar-refractivity contribution in [3.63, 3.8) is 0 Å². The summed E-state index contributed by atoms with van der Waals surface area (Å²) in [6, 6.07) is 8.24. The van der Waals surface area contributed by atoms with Crippen LogP contribution in [0.5, 0.6) is 5.75 Å². The zero-order valence-electron chi connectivity index (χ0n) is 11.5. The molecule has 0 amide bonds. The van der Waals surface area contributed by atoms with Crippen molar-refractivity contribution in [2.24, 2.45) is 0 Å². The van der Waals surface area contributed by atoms with Crippen LogP contribution in [0.15, 0.2) is 24.3 Å². The smallest absolute Gasteiger partial charge is 0.388 e. The Hall–Kier alpha value is -1.39. The van der Waals surface area contributed by atoms with Crippen molar-refractivity contribution < 1.29 is 18.0 Å². The molecule has 1 rings (SSSR count). The van der Waals surface area contributed by atoms with E-state index in [1.165, 1.54) is 0 Å². The minimum atomic E-state index is -2.48. The fourth-order valence-corrected chi connectivity index (χ4v) is 3.60. The van der Waals surface area contributed by atoms with Gasteiger partial charge in [0, 0.05) is 27.4 Å². The Morgan fingerprint density at radius 1 is 1.16 bits per heavy atom. The van der Waals surface area contributed by atoms with E-state index in [4.69, 9.17) is 23.3 Å². The molecule has 1 aromatic rings. The molecule has 19 heavy (non-hydrogen) atoms. The first-order valence-corrected chi connectivity index (χ1v) is 7.93. The van der Waals surface area contributed by atoms with Crippen molar-refractivity contribution in [2.45, 2.75) is 18.9 Å². The van der Waals surface area contributed by atoms with Gasteiger partial charge >= 0.3 is 8.80 Å². The highest BCUT2D eigenvalue weighted by Crippen LogP contribution is 2.19. The second-order valence-electron chi connectivity index (χ2n) is 3.99. The van der Waals surface area contributed by atoms with Gasteiger partial charge in [0.15, 0.2) is 0 Å².